The minimum Gasteiger partial charge on any atom is -0.504 e. The molecule has 0 aliphatic rings. The number of rotatable bonds is 6. The molecule has 0 unspecified atom stereocenters. The summed E-state index contributed by atoms with van der Waals surface area (Å²) in [6.45, 7) is 0.377. The lowest BCUT2D eigenvalue weighted by molar-refractivity contribution is -0.120. The molecule has 0 bridgehead atoms. The number of aromatic hydroxyl groups is 2. The Balaban J connectivity index is 1.56. The van der Waals surface area contributed by atoms with Crippen LogP contribution in [0.3, 0.4) is 0 Å². The van der Waals surface area contributed by atoms with Crippen LogP contribution in [-0.4, -0.2) is 32.0 Å². The number of amides is 1. The molecule has 0 spiro atoms. The van der Waals surface area contributed by atoms with Crippen LogP contribution in [-0.2, 0) is 17.6 Å². The minimum atomic E-state index is -0.184. The number of hydrogen-bond acceptors (Lipinski definition) is 4. The summed E-state index contributed by atoms with van der Waals surface area (Å²) in [6, 6.07) is 15.8. The monoisotopic (exact) mass is 455 g/mol. The number of aromatic nitrogens is 2. The van der Waals surface area contributed by atoms with Gasteiger partial charge >= 0.3 is 0 Å². The number of carbonyl (C=O) groups excluding carboxylic acids is 1. The molecular formula is C23H19Cl2N3O3. The fourth-order valence-electron chi connectivity index (χ4n) is 3.40. The second kappa shape index (κ2) is 8.88. The van der Waals surface area contributed by atoms with Crippen LogP contribution in [0, 0.1) is 0 Å². The summed E-state index contributed by atoms with van der Waals surface area (Å²) in [5.74, 6) is -0.542. The Morgan fingerprint density at radius 1 is 1.03 bits per heavy atom. The highest BCUT2D eigenvalue weighted by atomic mass is 35.5. The summed E-state index contributed by atoms with van der Waals surface area (Å²) in [6.07, 6.45) is 2.29. The van der Waals surface area contributed by atoms with Gasteiger partial charge in [-0.15, -0.1) is 0 Å². The number of benzene rings is 2. The highest BCUT2D eigenvalue weighted by Crippen LogP contribution is 2.30. The number of imidazole rings is 1. The molecule has 2 aromatic carbocycles. The highest BCUT2D eigenvalue weighted by Gasteiger charge is 2.19. The average Bonchev–Trinajstić information content (AvgIpc) is 3.10. The molecular weight excluding hydrogens is 437 g/mol. The molecule has 0 aliphatic heterocycles. The van der Waals surface area contributed by atoms with Crippen molar-refractivity contribution in [1.82, 2.24) is 14.7 Å². The zero-order valence-electron chi connectivity index (χ0n) is 16.3. The third kappa shape index (κ3) is 4.60. The van der Waals surface area contributed by atoms with E-state index in [1.807, 2.05) is 30.3 Å². The molecule has 0 radical (unpaired) electrons. The maximum Gasteiger partial charge on any atom is 0.226 e. The standard InChI is InChI=1S/C23H19Cl2N3O3/c24-16-11-17(25)23-27-22(15-4-2-1-3-5-15)18(28(23)13-16)12-21(31)26-9-8-14-6-7-19(29)20(30)10-14/h1-7,10-11,13,29-30H,8-9,12H2,(H,26,31). The van der Waals surface area contributed by atoms with Crippen LogP contribution in [0.1, 0.15) is 11.3 Å². The van der Waals surface area contributed by atoms with Gasteiger partial charge in [-0.2, -0.15) is 0 Å². The smallest absolute Gasteiger partial charge is 0.226 e. The third-order valence-electron chi connectivity index (χ3n) is 4.89. The summed E-state index contributed by atoms with van der Waals surface area (Å²) < 4.78 is 1.75. The number of phenols is 2. The molecule has 158 valence electrons. The van der Waals surface area contributed by atoms with Gasteiger partial charge in [0, 0.05) is 18.3 Å². The van der Waals surface area contributed by atoms with Gasteiger partial charge in [0.25, 0.3) is 0 Å². The van der Waals surface area contributed by atoms with E-state index in [0.717, 1.165) is 11.1 Å². The van der Waals surface area contributed by atoms with Crippen molar-refractivity contribution >= 4 is 34.8 Å². The number of carbonyl (C=O) groups is 1. The van der Waals surface area contributed by atoms with Gasteiger partial charge in [0.2, 0.25) is 5.91 Å². The molecule has 8 heteroatoms. The molecule has 31 heavy (non-hydrogen) atoms. The number of nitrogens with zero attached hydrogens (tertiary/aromatic N) is 2. The number of hydrogen-bond donors (Lipinski definition) is 3. The summed E-state index contributed by atoms with van der Waals surface area (Å²) in [4.78, 5) is 17.4. The van der Waals surface area contributed by atoms with Crippen LogP contribution in [0.25, 0.3) is 16.9 Å². The Morgan fingerprint density at radius 3 is 2.55 bits per heavy atom. The van der Waals surface area contributed by atoms with Gasteiger partial charge in [-0.3, -0.25) is 4.79 Å². The van der Waals surface area contributed by atoms with E-state index in [1.54, 1.807) is 22.7 Å². The van der Waals surface area contributed by atoms with Crippen molar-refractivity contribution < 1.29 is 15.0 Å². The molecule has 0 fully saturated rings. The predicted molar refractivity (Wildman–Crippen MR) is 121 cm³/mol. The summed E-state index contributed by atoms with van der Waals surface area (Å²) in [5, 5.41) is 22.7. The zero-order valence-corrected chi connectivity index (χ0v) is 17.9. The fourth-order valence-corrected chi connectivity index (χ4v) is 3.91. The number of nitrogens with one attached hydrogen (secondary N) is 1. The lowest BCUT2D eigenvalue weighted by Crippen LogP contribution is -2.27. The van der Waals surface area contributed by atoms with Crippen molar-refractivity contribution in [2.24, 2.45) is 0 Å². The Labute approximate surface area is 188 Å². The first-order valence-corrected chi connectivity index (χ1v) is 10.4. The third-order valence-corrected chi connectivity index (χ3v) is 5.38. The van der Waals surface area contributed by atoms with Gasteiger partial charge in [-0.05, 0) is 30.2 Å². The first-order chi connectivity index (χ1) is 14.9. The number of fused-ring (bicyclic) bond motifs is 1. The second-order valence-corrected chi connectivity index (χ2v) is 7.92. The van der Waals surface area contributed by atoms with Crippen molar-refractivity contribution in [3.8, 4) is 22.8 Å². The SMILES string of the molecule is O=C(Cc1c(-c2ccccc2)nc2c(Cl)cc(Cl)cn12)NCCc1ccc(O)c(O)c1. The van der Waals surface area contributed by atoms with Crippen molar-refractivity contribution in [3.63, 3.8) is 0 Å². The average molecular weight is 456 g/mol. The van der Waals surface area contributed by atoms with Gasteiger partial charge in [0.15, 0.2) is 17.1 Å². The van der Waals surface area contributed by atoms with Crippen LogP contribution in [0.2, 0.25) is 10.0 Å². The first kappa shape index (κ1) is 21.0. The molecule has 0 saturated heterocycles. The maximum absolute atomic E-state index is 12.7. The predicted octanol–water partition coefficient (Wildman–Crippen LogP) is 4.62. The second-order valence-electron chi connectivity index (χ2n) is 7.07. The first-order valence-electron chi connectivity index (χ1n) is 9.61. The minimum absolute atomic E-state index is 0.0862. The molecule has 3 N–H and O–H groups in total. The van der Waals surface area contributed by atoms with Crippen molar-refractivity contribution in [1.29, 1.82) is 0 Å². The molecule has 0 atom stereocenters. The summed E-state index contributed by atoms with van der Waals surface area (Å²) >= 11 is 12.5. The molecule has 0 saturated carbocycles. The number of halogens is 2. The van der Waals surface area contributed by atoms with Crippen LogP contribution in [0.4, 0.5) is 0 Å². The van der Waals surface area contributed by atoms with Crippen molar-refractivity contribution in [2.75, 3.05) is 6.54 Å². The lowest BCUT2D eigenvalue weighted by atomic mass is 10.1. The molecule has 2 heterocycles. The van der Waals surface area contributed by atoms with Gasteiger partial charge in [-0.25, -0.2) is 4.98 Å². The number of phenolic OH excluding ortho intramolecular Hbond substituents is 2. The molecule has 0 aliphatic carbocycles. The highest BCUT2D eigenvalue weighted by molar-refractivity contribution is 6.36. The largest absolute Gasteiger partial charge is 0.504 e. The van der Waals surface area contributed by atoms with Gasteiger partial charge in [0.1, 0.15) is 0 Å². The lowest BCUT2D eigenvalue weighted by Gasteiger charge is -2.08. The van der Waals surface area contributed by atoms with E-state index >= 15 is 0 Å². The molecule has 6 nitrogen and oxygen atoms in total. The van der Waals surface area contributed by atoms with E-state index in [2.05, 4.69) is 10.3 Å². The zero-order chi connectivity index (χ0) is 22.0. The normalized spacial score (nSPS) is 11.0. The van der Waals surface area contributed by atoms with E-state index in [4.69, 9.17) is 23.2 Å². The van der Waals surface area contributed by atoms with Gasteiger partial charge in [-0.1, -0.05) is 59.6 Å². The quantitative estimate of drug-likeness (QED) is 0.370. The molecule has 2 aromatic heterocycles. The van der Waals surface area contributed by atoms with E-state index in [-0.39, 0.29) is 23.8 Å². The van der Waals surface area contributed by atoms with Crippen LogP contribution in [0.15, 0.2) is 60.8 Å². The topological polar surface area (TPSA) is 86.9 Å². The van der Waals surface area contributed by atoms with E-state index in [9.17, 15) is 15.0 Å². The maximum atomic E-state index is 12.7. The van der Waals surface area contributed by atoms with Crippen LogP contribution in [0.5, 0.6) is 11.5 Å². The Bertz CT molecular complexity index is 1260. The van der Waals surface area contributed by atoms with Crippen molar-refractivity contribution in [2.45, 2.75) is 12.8 Å². The summed E-state index contributed by atoms with van der Waals surface area (Å²) in [7, 11) is 0. The van der Waals surface area contributed by atoms with E-state index in [0.29, 0.717) is 40.0 Å². The fraction of sp³-hybridized carbons (Fsp3) is 0.130. The van der Waals surface area contributed by atoms with Gasteiger partial charge in [0.05, 0.1) is 27.9 Å². The van der Waals surface area contributed by atoms with Crippen LogP contribution < -0.4 is 5.32 Å². The Kier molecular flexibility index (Phi) is 6.02. The molecule has 1 amide bonds. The van der Waals surface area contributed by atoms with Crippen molar-refractivity contribution in [3.05, 3.63) is 82.1 Å². The molecule has 4 aromatic rings. The molecule has 4 rings (SSSR count). The van der Waals surface area contributed by atoms with E-state index in [1.165, 1.54) is 12.1 Å². The number of pyridine rings is 1. The summed E-state index contributed by atoms with van der Waals surface area (Å²) in [5.41, 5.74) is 3.57. The van der Waals surface area contributed by atoms with E-state index < -0.39 is 0 Å². The Morgan fingerprint density at radius 2 is 1.81 bits per heavy atom. The van der Waals surface area contributed by atoms with Crippen LogP contribution >= 0.6 is 23.2 Å². The van der Waals surface area contributed by atoms with Gasteiger partial charge < -0.3 is 19.9 Å². The Hall–Kier alpha value is -3.22.